The standard InChI is InChI=1S/C26H21NO6S/c1-13-12-18(22-15(3)21(13)24(22)28)14(2)25(34(31,32)33)27-19-10-6-4-8-16(19)23(26(29)30)17-9-5-7-11-20(17)27/h4-12,14,25H,1-3H3,(H-,29,30,31,32,33). The summed E-state index contributed by atoms with van der Waals surface area (Å²) in [5.41, 5.74) is 3.78. The Morgan fingerprint density at radius 3 is 1.94 bits per heavy atom. The smallest absolute Gasteiger partial charge is 0.330 e. The maximum Gasteiger partial charge on any atom is 0.330 e. The van der Waals surface area contributed by atoms with Crippen LogP contribution in [0.25, 0.3) is 21.8 Å². The van der Waals surface area contributed by atoms with Gasteiger partial charge in [0, 0.05) is 28.8 Å². The van der Waals surface area contributed by atoms with Gasteiger partial charge in [0.15, 0.2) is 5.78 Å². The number of aryl methyl sites for hydroxylation is 2. The number of carboxylic acid groups (broad SMARTS) is 1. The zero-order valence-corrected chi connectivity index (χ0v) is 19.5. The quantitative estimate of drug-likeness (QED) is 0.237. The lowest BCUT2D eigenvalue weighted by molar-refractivity contribution is -0.654. The number of hydrogen-bond acceptors (Lipinski definition) is 5. The Bertz CT molecular complexity index is 1610. The van der Waals surface area contributed by atoms with Gasteiger partial charge in [0.25, 0.3) is 5.37 Å². The number of benzene rings is 3. The molecule has 1 aromatic heterocycles. The highest BCUT2D eigenvalue weighted by Gasteiger charge is 2.45. The van der Waals surface area contributed by atoms with Gasteiger partial charge in [0.05, 0.1) is 22.7 Å². The van der Waals surface area contributed by atoms with Gasteiger partial charge in [-0.15, -0.1) is 0 Å². The summed E-state index contributed by atoms with van der Waals surface area (Å²) in [6.07, 6.45) is 0. The van der Waals surface area contributed by atoms with Gasteiger partial charge in [-0.3, -0.25) is 9.35 Å². The number of aromatic nitrogens is 1. The minimum atomic E-state index is -4.73. The first-order chi connectivity index (χ1) is 16.0. The normalized spacial score (nSPS) is 14.8. The van der Waals surface area contributed by atoms with E-state index in [9.17, 15) is 27.7 Å². The fraction of sp³-hybridized carbons (Fsp3) is 0.192. The molecule has 2 bridgehead atoms. The first kappa shape index (κ1) is 22.2. The lowest BCUT2D eigenvalue weighted by atomic mass is 9.74. The highest BCUT2D eigenvalue weighted by atomic mass is 32.2. The van der Waals surface area contributed by atoms with Crippen LogP contribution in [-0.4, -0.2) is 24.7 Å². The molecule has 1 N–H and O–H groups in total. The van der Waals surface area contributed by atoms with Gasteiger partial charge < -0.3 is 9.90 Å². The van der Waals surface area contributed by atoms with Crippen molar-refractivity contribution in [1.29, 1.82) is 0 Å². The van der Waals surface area contributed by atoms with Crippen molar-refractivity contribution in [3.63, 3.8) is 0 Å². The molecule has 0 radical (unpaired) electrons. The Morgan fingerprint density at radius 1 is 0.971 bits per heavy atom. The van der Waals surface area contributed by atoms with Crippen LogP contribution in [0.15, 0.2) is 54.6 Å². The number of fused-ring (bicyclic) bond motifs is 4. The van der Waals surface area contributed by atoms with Crippen molar-refractivity contribution in [1.82, 2.24) is 0 Å². The highest BCUT2D eigenvalue weighted by Crippen LogP contribution is 2.42. The number of hydrogen-bond donors (Lipinski definition) is 1. The number of aromatic carboxylic acids is 1. The van der Waals surface area contributed by atoms with Crippen LogP contribution in [0.1, 0.15) is 61.2 Å². The van der Waals surface area contributed by atoms with Crippen LogP contribution in [-0.2, 0) is 10.1 Å². The second-order valence-electron chi connectivity index (χ2n) is 8.75. The van der Waals surface area contributed by atoms with Crippen LogP contribution in [0.2, 0.25) is 0 Å². The summed E-state index contributed by atoms with van der Waals surface area (Å²) in [6, 6.07) is 14.8. The second-order valence-corrected chi connectivity index (χ2v) is 10.3. The third-order valence-electron chi connectivity index (χ3n) is 6.81. The predicted octanol–water partition coefficient (Wildman–Crippen LogP) is 3.00. The van der Waals surface area contributed by atoms with E-state index in [1.807, 2.05) is 6.92 Å². The zero-order chi connectivity index (χ0) is 24.5. The average molecular weight is 476 g/mol. The first-order valence-corrected chi connectivity index (χ1v) is 12.3. The fourth-order valence-electron chi connectivity index (χ4n) is 5.41. The summed E-state index contributed by atoms with van der Waals surface area (Å²) in [6.45, 7) is 5.27. The molecule has 2 aliphatic carbocycles. The van der Waals surface area contributed by atoms with Gasteiger partial charge in [0.1, 0.15) is 0 Å². The number of carboxylic acids is 1. The minimum absolute atomic E-state index is 0.0581. The molecule has 1 heterocycles. The molecule has 3 aromatic carbocycles. The molecule has 4 aromatic rings. The van der Waals surface area contributed by atoms with Crippen LogP contribution >= 0.6 is 0 Å². The maximum absolute atomic E-state index is 13.0. The summed E-state index contributed by atoms with van der Waals surface area (Å²) >= 11 is 0. The van der Waals surface area contributed by atoms with E-state index in [0.717, 1.165) is 11.1 Å². The number of carbonyl (C=O) groups excluding carboxylic acids is 2. The third-order valence-corrected chi connectivity index (χ3v) is 8.04. The van der Waals surface area contributed by atoms with Crippen molar-refractivity contribution in [2.45, 2.75) is 32.1 Å². The first-order valence-electron chi connectivity index (χ1n) is 10.8. The Balaban J connectivity index is 1.90. The van der Waals surface area contributed by atoms with Crippen molar-refractivity contribution in [3.05, 3.63) is 88.0 Å². The summed E-state index contributed by atoms with van der Waals surface area (Å²) in [7, 11) is -4.73. The molecule has 0 saturated carbocycles. The van der Waals surface area contributed by atoms with E-state index in [-0.39, 0.29) is 22.1 Å². The van der Waals surface area contributed by atoms with Gasteiger partial charge in [0.2, 0.25) is 11.0 Å². The predicted molar refractivity (Wildman–Crippen MR) is 124 cm³/mol. The molecule has 6 rings (SSSR count). The number of pyridine rings is 1. The topological polar surface area (TPSA) is 115 Å². The van der Waals surface area contributed by atoms with Crippen molar-refractivity contribution in [3.8, 4) is 0 Å². The van der Waals surface area contributed by atoms with Gasteiger partial charge in [-0.2, -0.15) is 13.0 Å². The van der Waals surface area contributed by atoms with E-state index in [1.165, 1.54) is 4.57 Å². The van der Waals surface area contributed by atoms with E-state index >= 15 is 0 Å². The molecule has 2 atom stereocenters. The van der Waals surface area contributed by atoms with Crippen LogP contribution in [0.5, 0.6) is 0 Å². The summed E-state index contributed by atoms with van der Waals surface area (Å²) in [4.78, 5) is 24.8. The van der Waals surface area contributed by atoms with Gasteiger partial charge in [-0.25, -0.2) is 0 Å². The SMILES string of the molecule is Cc1cc(C(C)C([n+]2c3ccccc3c(C(=O)[O-])c3ccccc32)S(=O)(=O)O)c2c(C)c1C2=O. The average Bonchev–Trinajstić information content (AvgIpc) is 2.77. The molecule has 0 amide bonds. The minimum Gasteiger partial charge on any atom is -0.545 e. The Hall–Kier alpha value is -3.62. The lowest BCUT2D eigenvalue weighted by Crippen LogP contribution is -2.48. The van der Waals surface area contributed by atoms with Crippen LogP contribution in [0, 0.1) is 13.8 Å². The lowest BCUT2D eigenvalue weighted by Gasteiger charge is -2.30. The van der Waals surface area contributed by atoms with Crippen LogP contribution < -0.4 is 9.67 Å². The van der Waals surface area contributed by atoms with Crippen molar-refractivity contribution in [2.75, 3.05) is 0 Å². The summed E-state index contributed by atoms with van der Waals surface area (Å²) in [5, 5.41) is 11.1. The van der Waals surface area contributed by atoms with E-state index in [0.29, 0.717) is 27.7 Å². The molecule has 172 valence electrons. The zero-order valence-electron chi connectivity index (χ0n) is 18.7. The number of carbonyl (C=O) groups is 2. The molecular weight excluding hydrogens is 454 g/mol. The van der Waals surface area contributed by atoms with E-state index < -0.39 is 27.4 Å². The molecule has 8 heteroatoms. The molecule has 0 aliphatic heterocycles. The Kier molecular flexibility index (Phi) is 4.86. The third kappa shape index (κ3) is 2.99. The van der Waals surface area contributed by atoms with E-state index in [1.54, 1.807) is 68.4 Å². The molecule has 0 fully saturated rings. The van der Waals surface area contributed by atoms with E-state index in [2.05, 4.69) is 0 Å². The summed E-state index contributed by atoms with van der Waals surface area (Å²) in [5.74, 6) is -2.34. The van der Waals surface area contributed by atoms with Crippen molar-refractivity contribution >= 4 is 43.7 Å². The largest absolute Gasteiger partial charge is 0.545 e. The van der Waals surface area contributed by atoms with Gasteiger partial charge >= 0.3 is 10.1 Å². The highest BCUT2D eigenvalue weighted by molar-refractivity contribution is 7.85. The molecule has 2 unspecified atom stereocenters. The summed E-state index contributed by atoms with van der Waals surface area (Å²) < 4.78 is 37.9. The monoisotopic (exact) mass is 475 g/mol. The van der Waals surface area contributed by atoms with Gasteiger partial charge in [-0.1, -0.05) is 37.3 Å². The Labute approximate surface area is 196 Å². The Morgan fingerprint density at radius 2 is 1.50 bits per heavy atom. The van der Waals surface area contributed by atoms with E-state index in [4.69, 9.17) is 0 Å². The van der Waals surface area contributed by atoms with Gasteiger partial charge in [-0.05, 0) is 42.7 Å². The van der Waals surface area contributed by atoms with Crippen molar-refractivity contribution in [2.24, 2.45) is 0 Å². The molecule has 7 nitrogen and oxygen atoms in total. The molecule has 0 saturated heterocycles. The fourth-order valence-corrected chi connectivity index (χ4v) is 6.57. The molecular formula is C26H21NO6S. The van der Waals surface area contributed by atoms with Crippen LogP contribution in [0.4, 0.5) is 0 Å². The number of para-hydroxylation sites is 2. The number of rotatable bonds is 5. The number of nitrogens with zero attached hydrogens (tertiary/aromatic N) is 1. The molecule has 2 aliphatic rings. The van der Waals surface area contributed by atoms with Crippen molar-refractivity contribution < 1.29 is 32.2 Å². The molecule has 0 spiro atoms. The number of ketones is 1. The molecule has 34 heavy (non-hydrogen) atoms. The van der Waals surface area contributed by atoms with Crippen LogP contribution in [0.3, 0.4) is 0 Å². The maximum atomic E-state index is 13.0. The second kappa shape index (κ2) is 7.44.